The van der Waals surface area contributed by atoms with Gasteiger partial charge in [-0.2, -0.15) is 0 Å². The summed E-state index contributed by atoms with van der Waals surface area (Å²) in [5.74, 6) is 1.73. The second-order valence-corrected chi connectivity index (χ2v) is 14.7. The van der Waals surface area contributed by atoms with E-state index in [0.29, 0.717) is 30.8 Å². The van der Waals surface area contributed by atoms with Gasteiger partial charge in [0.2, 0.25) is 0 Å². The van der Waals surface area contributed by atoms with Crippen LogP contribution in [0.1, 0.15) is 56.8 Å². The van der Waals surface area contributed by atoms with Crippen molar-refractivity contribution in [3.63, 3.8) is 0 Å². The van der Waals surface area contributed by atoms with Gasteiger partial charge < -0.3 is 25.7 Å². The molecule has 1 fully saturated rings. The number of rotatable bonds is 15. The lowest BCUT2D eigenvalue weighted by atomic mass is 9.72. The number of amidine groups is 1. The van der Waals surface area contributed by atoms with Crippen LogP contribution in [0.3, 0.4) is 0 Å². The largest absolute Gasteiger partial charge is 0.497 e. The molecule has 0 spiro atoms. The standard InChI is InChI=1S/C46H51N7O2/c1-55-40-14-8-11-36(29-40)32-52(28-25-47)45(54)38-20-21-42-41(30-38)50-43(22-17-34-15-18-37(19-16-34)44(48)49)53(42)33-46(39-12-6-3-7-13-39)23-26-51(27-24-46)31-35-9-4-2-5-10-35/h2-16,18-21,29-30H,17,22-28,31-33,47H2,1H3,(H3,48,49). The highest BCUT2D eigenvalue weighted by atomic mass is 16.5. The van der Waals surface area contributed by atoms with E-state index in [-0.39, 0.29) is 17.2 Å². The molecule has 9 nitrogen and oxygen atoms in total. The number of hydrogen-bond acceptors (Lipinski definition) is 6. The maximum absolute atomic E-state index is 14.1. The Kier molecular flexibility index (Phi) is 11.7. The lowest BCUT2D eigenvalue weighted by Crippen LogP contribution is -2.44. The van der Waals surface area contributed by atoms with Gasteiger partial charge in [-0.25, -0.2) is 4.98 Å². The van der Waals surface area contributed by atoms with Gasteiger partial charge in [0, 0.05) is 55.7 Å². The van der Waals surface area contributed by atoms with E-state index in [1.54, 1.807) is 12.0 Å². The lowest BCUT2D eigenvalue weighted by molar-refractivity contribution is 0.0748. The summed E-state index contributed by atoms with van der Waals surface area (Å²) < 4.78 is 7.85. The van der Waals surface area contributed by atoms with Gasteiger partial charge in [-0.15, -0.1) is 0 Å². The zero-order valence-electron chi connectivity index (χ0n) is 31.7. The molecule has 282 valence electrons. The van der Waals surface area contributed by atoms with Crippen molar-refractivity contribution in [3.8, 4) is 5.75 Å². The molecule has 0 unspecified atom stereocenters. The SMILES string of the molecule is COc1cccc(CN(CCN)C(=O)c2ccc3c(c2)nc(CCc2ccc(C(=N)N)cc2)n3CC2(c3ccccc3)CCN(Cc3ccccc3)CC2)c1. The molecule has 0 saturated carbocycles. The number of nitrogens with zero attached hydrogens (tertiary/aromatic N) is 4. The number of carbonyl (C=O) groups excluding carboxylic acids is 1. The molecule has 0 radical (unpaired) electrons. The van der Waals surface area contributed by atoms with Gasteiger partial charge in [0.15, 0.2) is 0 Å². The number of nitrogens with one attached hydrogen (secondary N) is 1. The first-order chi connectivity index (χ1) is 26.8. The van der Waals surface area contributed by atoms with Crippen LogP contribution in [0.25, 0.3) is 11.0 Å². The second kappa shape index (κ2) is 17.1. The highest BCUT2D eigenvalue weighted by molar-refractivity contribution is 5.97. The Labute approximate surface area is 324 Å². The Morgan fingerprint density at radius 1 is 0.818 bits per heavy atom. The summed E-state index contributed by atoms with van der Waals surface area (Å²) in [6.07, 6.45) is 3.54. The van der Waals surface area contributed by atoms with Gasteiger partial charge in [0.05, 0.1) is 18.1 Å². The number of amides is 1. The van der Waals surface area contributed by atoms with E-state index in [2.05, 4.69) is 76.2 Å². The molecule has 2 heterocycles. The number of benzene rings is 5. The van der Waals surface area contributed by atoms with Crippen LogP contribution in [0.15, 0.2) is 127 Å². The first-order valence-corrected chi connectivity index (χ1v) is 19.2. The lowest BCUT2D eigenvalue weighted by Gasteiger charge is -2.43. The van der Waals surface area contributed by atoms with Crippen LogP contribution in [0, 0.1) is 5.41 Å². The minimum atomic E-state index is -0.0941. The third kappa shape index (κ3) is 8.80. The quantitative estimate of drug-likeness (QED) is 0.0775. The molecule has 1 saturated heterocycles. The number of carbonyl (C=O) groups is 1. The number of imidazole rings is 1. The zero-order valence-corrected chi connectivity index (χ0v) is 31.7. The number of hydrogen-bond donors (Lipinski definition) is 3. The van der Waals surface area contributed by atoms with Crippen molar-refractivity contribution >= 4 is 22.8 Å². The third-order valence-corrected chi connectivity index (χ3v) is 11.1. The van der Waals surface area contributed by atoms with Crippen LogP contribution >= 0.6 is 0 Å². The summed E-state index contributed by atoms with van der Waals surface area (Å²) in [7, 11) is 1.64. The Balaban J connectivity index is 1.22. The smallest absolute Gasteiger partial charge is 0.254 e. The van der Waals surface area contributed by atoms with Gasteiger partial charge in [-0.1, -0.05) is 97.1 Å². The molecule has 0 aliphatic carbocycles. The van der Waals surface area contributed by atoms with Crippen molar-refractivity contribution in [3.05, 3.63) is 167 Å². The van der Waals surface area contributed by atoms with E-state index >= 15 is 0 Å². The fraction of sp³-hybridized carbons (Fsp3) is 0.283. The van der Waals surface area contributed by atoms with Gasteiger partial charge in [0.1, 0.15) is 17.4 Å². The Morgan fingerprint density at radius 3 is 2.20 bits per heavy atom. The molecular formula is C46H51N7O2. The number of nitrogens with two attached hydrogens (primary N) is 2. The van der Waals surface area contributed by atoms with E-state index < -0.39 is 0 Å². The first kappa shape index (κ1) is 37.5. The van der Waals surface area contributed by atoms with Gasteiger partial charge in [-0.3, -0.25) is 15.1 Å². The maximum Gasteiger partial charge on any atom is 0.254 e. The Hall–Kier alpha value is -5.77. The van der Waals surface area contributed by atoms with E-state index in [9.17, 15) is 4.79 Å². The molecule has 1 aliphatic heterocycles. The fourth-order valence-corrected chi connectivity index (χ4v) is 7.98. The van der Waals surface area contributed by atoms with E-state index in [1.165, 1.54) is 11.1 Å². The van der Waals surface area contributed by atoms with Crippen molar-refractivity contribution in [2.45, 2.75) is 50.7 Å². The molecule has 7 rings (SSSR count). The molecule has 1 amide bonds. The second-order valence-electron chi connectivity index (χ2n) is 14.7. The van der Waals surface area contributed by atoms with E-state index in [0.717, 1.165) is 85.6 Å². The number of aryl methyl sites for hydroxylation is 2. The normalized spacial score (nSPS) is 14.1. The summed E-state index contributed by atoms with van der Waals surface area (Å²) in [5.41, 5.74) is 19.6. The predicted octanol–water partition coefficient (Wildman–Crippen LogP) is 6.95. The summed E-state index contributed by atoms with van der Waals surface area (Å²) >= 11 is 0. The van der Waals surface area contributed by atoms with Gasteiger partial charge in [-0.05, 0) is 84.9 Å². The highest BCUT2D eigenvalue weighted by Gasteiger charge is 2.37. The van der Waals surface area contributed by atoms with Crippen LogP contribution in [0.5, 0.6) is 5.75 Å². The van der Waals surface area contributed by atoms with Crippen molar-refractivity contribution in [1.82, 2.24) is 19.4 Å². The minimum Gasteiger partial charge on any atom is -0.497 e. The van der Waals surface area contributed by atoms with Crippen molar-refractivity contribution in [2.24, 2.45) is 11.5 Å². The molecule has 9 heteroatoms. The average molecular weight is 734 g/mol. The van der Waals surface area contributed by atoms with Crippen molar-refractivity contribution in [2.75, 3.05) is 33.3 Å². The number of methoxy groups -OCH3 is 1. The third-order valence-electron chi connectivity index (χ3n) is 11.1. The van der Waals surface area contributed by atoms with Crippen LogP contribution < -0.4 is 16.2 Å². The Morgan fingerprint density at radius 2 is 1.51 bits per heavy atom. The van der Waals surface area contributed by atoms with Crippen LogP contribution in [0.2, 0.25) is 0 Å². The first-order valence-electron chi connectivity index (χ1n) is 19.2. The van der Waals surface area contributed by atoms with Crippen LogP contribution in [0.4, 0.5) is 0 Å². The monoisotopic (exact) mass is 733 g/mol. The summed E-state index contributed by atoms with van der Waals surface area (Å²) in [4.78, 5) is 23.8. The topological polar surface area (TPSA) is 126 Å². The molecule has 5 aromatic carbocycles. The number of likely N-dealkylation sites (tertiary alicyclic amines) is 1. The summed E-state index contributed by atoms with van der Waals surface area (Å²) in [5, 5.41) is 7.81. The fourth-order valence-electron chi connectivity index (χ4n) is 7.98. The molecule has 0 bridgehead atoms. The molecule has 1 aromatic heterocycles. The van der Waals surface area contributed by atoms with Crippen molar-refractivity contribution in [1.29, 1.82) is 5.41 Å². The number of nitrogen functional groups attached to an aromatic ring is 1. The minimum absolute atomic E-state index is 0.0632. The number of fused-ring (bicyclic) bond motifs is 1. The zero-order chi connectivity index (χ0) is 38.2. The van der Waals surface area contributed by atoms with Gasteiger partial charge in [0.25, 0.3) is 5.91 Å². The van der Waals surface area contributed by atoms with Crippen molar-refractivity contribution < 1.29 is 9.53 Å². The van der Waals surface area contributed by atoms with Gasteiger partial charge >= 0.3 is 0 Å². The molecule has 1 aliphatic rings. The summed E-state index contributed by atoms with van der Waals surface area (Å²) in [6, 6.07) is 43.4. The summed E-state index contributed by atoms with van der Waals surface area (Å²) in [6.45, 7) is 4.94. The number of aromatic nitrogens is 2. The average Bonchev–Trinajstić information content (AvgIpc) is 3.57. The molecular weight excluding hydrogens is 683 g/mol. The highest BCUT2D eigenvalue weighted by Crippen LogP contribution is 2.39. The maximum atomic E-state index is 14.1. The number of ether oxygens (including phenoxy) is 1. The van der Waals surface area contributed by atoms with E-state index in [1.807, 2.05) is 60.7 Å². The molecule has 0 atom stereocenters. The number of piperidine rings is 1. The molecule has 55 heavy (non-hydrogen) atoms. The Bertz CT molecular complexity index is 2210. The van der Waals surface area contributed by atoms with Crippen LogP contribution in [-0.4, -0.2) is 64.4 Å². The predicted molar refractivity (Wildman–Crippen MR) is 220 cm³/mol. The van der Waals surface area contributed by atoms with E-state index in [4.69, 9.17) is 26.6 Å². The molecule has 6 aromatic rings. The molecule has 5 N–H and O–H groups in total. The van der Waals surface area contributed by atoms with Crippen LogP contribution in [-0.2, 0) is 37.9 Å².